The summed E-state index contributed by atoms with van der Waals surface area (Å²) in [6.07, 6.45) is -0.579. The van der Waals surface area contributed by atoms with E-state index in [1.54, 1.807) is 0 Å². The molecule has 0 fully saturated rings. The second-order valence-corrected chi connectivity index (χ2v) is 4.03. The monoisotopic (exact) mass is 266 g/mol. The van der Waals surface area contributed by atoms with Gasteiger partial charge in [-0.1, -0.05) is 30.3 Å². The Labute approximate surface area is 112 Å². The van der Waals surface area contributed by atoms with E-state index in [0.29, 0.717) is 6.61 Å². The maximum Gasteiger partial charge on any atom is 0.303 e. The molecule has 0 radical (unpaired) electrons. The summed E-state index contributed by atoms with van der Waals surface area (Å²) in [5.41, 5.74) is 1.02. The third-order valence-corrected chi connectivity index (χ3v) is 2.22. The van der Waals surface area contributed by atoms with Gasteiger partial charge in [0.15, 0.2) is 6.10 Å². The van der Waals surface area contributed by atoms with Gasteiger partial charge >= 0.3 is 11.9 Å². The fraction of sp³-hybridized carbons (Fsp3) is 0.429. The molecule has 0 aliphatic rings. The van der Waals surface area contributed by atoms with Crippen LogP contribution in [0.3, 0.4) is 0 Å². The van der Waals surface area contributed by atoms with Gasteiger partial charge in [-0.25, -0.2) is 0 Å². The van der Waals surface area contributed by atoms with Crippen LogP contribution in [0.4, 0.5) is 0 Å². The molecule has 1 rings (SSSR count). The largest absolute Gasteiger partial charge is 0.462 e. The molecule has 1 atom stereocenters. The number of esters is 2. The maximum absolute atomic E-state index is 10.9. The van der Waals surface area contributed by atoms with Crippen molar-refractivity contribution >= 4 is 11.9 Å². The molecule has 0 amide bonds. The highest BCUT2D eigenvalue weighted by Gasteiger charge is 2.14. The van der Waals surface area contributed by atoms with Gasteiger partial charge < -0.3 is 14.2 Å². The fourth-order valence-electron chi connectivity index (χ4n) is 1.44. The van der Waals surface area contributed by atoms with E-state index in [4.69, 9.17) is 14.2 Å². The molecule has 1 unspecified atom stereocenters. The van der Waals surface area contributed by atoms with Gasteiger partial charge in [0.25, 0.3) is 0 Å². The van der Waals surface area contributed by atoms with Gasteiger partial charge in [0, 0.05) is 13.8 Å². The van der Waals surface area contributed by atoms with E-state index in [0.717, 1.165) is 5.56 Å². The second-order valence-electron chi connectivity index (χ2n) is 4.03. The standard InChI is InChI=1S/C14H18O5/c1-11(15)18-10-14(19-12(2)16)9-17-8-13-6-4-3-5-7-13/h3-7,14H,8-10H2,1-2H3. The summed E-state index contributed by atoms with van der Waals surface area (Å²) in [4.78, 5) is 21.6. The molecule has 0 aromatic heterocycles. The lowest BCUT2D eigenvalue weighted by molar-refractivity contribution is -0.160. The van der Waals surface area contributed by atoms with Crippen LogP contribution in [0, 0.1) is 0 Å². The van der Waals surface area contributed by atoms with Crippen molar-refractivity contribution in [1.82, 2.24) is 0 Å². The summed E-state index contributed by atoms with van der Waals surface area (Å²) in [5.74, 6) is -0.847. The third kappa shape index (κ3) is 7.21. The molecule has 0 saturated carbocycles. The Morgan fingerprint density at radius 1 is 1.05 bits per heavy atom. The zero-order chi connectivity index (χ0) is 14.1. The molecule has 0 aliphatic heterocycles. The molecule has 0 spiro atoms. The first-order chi connectivity index (χ1) is 9.08. The lowest BCUT2D eigenvalue weighted by Crippen LogP contribution is -2.28. The number of carbonyl (C=O) groups excluding carboxylic acids is 2. The van der Waals surface area contributed by atoms with Gasteiger partial charge in [-0.05, 0) is 5.56 Å². The maximum atomic E-state index is 10.9. The first-order valence-electron chi connectivity index (χ1n) is 6.00. The first kappa shape index (κ1) is 15.2. The molecule has 5 heteroatoms. The zero-order valence-electron chi connectivity index (χ0n) is 11.1. The highest BCUT2D eigenvalue weighted by atomic mass is 16.6. The summed E-state index contributed by atoms with van der Waals surface area (Å²) in [6, 6.07) is 9.63. The molecule has 0 aliphatic carbocycles. The highest BCUT2D eigenvalue weighted by molar-refractivity contribution is 5.67. The van der Waals surface area contributed by atoms with Crippen LogP contribution in [0.5, 0.6) is 0 Å². The Kier molecular flexibility index (Phi) is 6.60. The fourth-order valence-corrected chi connectivity index (χ4v) is 1.44. The van der Waals surface area contributed by atoms with Crippen LogP contribution in [0.25, 0.3) is 0 Å². The van der Waals surface area contributed by atoms with E-state index in [2.05, 4.69) is 0 Å². The molecule has 0 heterocycles. The van der Waals surface area contributed by atoms with Crippen molar-refractivity contribution in [3.8, 4) is 0 Å². The Morgan fingerprint density at radius 3 is 2.32 bits per heavy atom. The number of rotatable bonds is 7. The van der Waals surface area contributed by atoms with Crippen molar-refractivity contribution in [2.24, 2.45) is 0 Å². The van der Waals surface area contributed by atoms with Crippen LogP contribution >= 0.6 is 0 Å². The average molecular weight is 266 g/mol. The van der Waals surface area contributed by atoms with Crippen molar-refractivity contribution in [2.45, 2.75) is 26.6 Å². The van der Waals surface area contributed by atoms with Gasteiger partial charge in [-0.2, -0.15) is 0 Å². The normalized spacial score (nSPS) is 11.7. The van der Waals surface area contributed by atoms with Crippen LogP contribution in [0.1, 0.15) is 19.4 Å². The molecular weight excluding hydrogens is 248 g/mol. The van der Waals surface area contributed by atoms with Gasteiger partial charge in [-0.15, -0.1) is 0 Å². The Balaban J connectivity index is 2.35. The molecule has 0 N–H and O–H groups in total. The minimum atomic E-state index is -0.579. The first-order valence-corrected chi connectivity index (χ1v) is 6.00. The van der Waals surface area contributed by atoms with Crippen molar-refractivity contribution in [2.75, 3.05) is 13.2 Å². The van der Waals surface area contributed by atoms with E-state index in [-0.39, 0.29) is 13.2 Å². The van der Waals surface area contributed by atoms with E-state index >= 15 is 0 Å². The molecule has 5 nitrogen and oxygen atoms in total. The van der Waals surface area contributed by atoms with Gasteiger partial charge in [-0.3, -0.25) is 9.59 Å². The summed E-state index contributed by atoms with van der Waals surface area (Å²) >= 11 is 0. The summed E-state index contributed by atoms with van der Waals surface area (Å²) in [7, 11) is 0. The molecule has 19 heavy (non-hydrogen) atoms. The van der Waals surface area contributed by atoms with Crippen molar-refractivity contribution in [3.63, 3.8) is 0 Å². The average Bonchev–Trinajstić information content (AvgIpc) is 2.36. The van der Waals surface area contributed by atoms with Crippen molar-refractivity contribution in [3.05, 3.63) is 35.9 Å². The van der Waals surface area contributed by atoms with E-state index < -0.39 is 18.0 Å². The minimum absolute atomic E-state index is 0.00367. The summed E-state index contributed by atoms with van der Waals surface area (Å²) < 4.78 is 15.3. The summed E-state index contributed by atoms with van der Waals surface area (Å²) in [5, 5.41) is 0. The Morgan fingerprint density at radius 2 is 1.74 bits per heavy atom. The molecule has 1 aromatic rings. The minimum Gasteiger partial charge on any atom is -0.462 e. The molecule has 0 saturated heterocycles. The smallest absolute Gasteiger partial charge is 0.303 e. The summed E-state index contributed by atoms with van der Waals surface area (Å²) in [6.45, 7) is 3.21. The van der Waals surface area contributed by atoms with Crippen LogP contribution in [-0.4, -0.2) is 31.3 Å². The van der Waals surface area contributed by atoms with Crippen molar-refractivity contribution < 1.29 is 23.8 Å². The van der Waals surface area contributed by atoms with Crippen LogP contribution in [0.15, 0.2) is 30.3 Å². The lowest BCUT2D eigenvalue weighted by atomic mass is 10.2. The van der Waals surface area contributed by atoms with Gasteiger partial charge in [0.1, 0.15) is 6.61 Å². The molecular formula is C14H18O5. The van der Waals surface area contributed by atoms with Gasteiger partial charge in [0.05, 0.1) is 13.2 Å². The highest BCUT2D eigenvalue weighted by Crippen LogP contribution is 2.03. The van der Waals surface area contributed by atoms with E-state index in [1.165, 1.54) is 13.8 Å². The van der Waals surface area contributed by atoms with Crippen LogP contribution < -0.4 is 0 Å². The van der Waals surface area contributed by atoms with Crippen molar-refractivity contribution in [1.29, 1.82) is 0 Å². The van der Waals surface area contributed by atoms with E-state index in [9.17, 15) is 9.59 Å². The lowest BCUT2D eigenvalue weighted by Gasteiger charge is -2.16. The number of carbonyl (C=O) groups is 2. The number of ether oxygens (including phenoxy) is 3. The molecule has 1 aromatic carbocycles. The number of hydrogen-bond acceptors (Lipinski definition) is 5. The topological polar surface area (TPSA) is 61.8 Å². The second kappa shape index (κ2) is 8.26. The number of benzene rings is 1. The number of hydrogen-bond donors (Lipinski definition) is 0. The third-order valence-electron chi connectivity index (χ3n) is 2.22. The predicted molar refractivity (Wildman–Crippen MR) is 68.3 cm³/mol. The van der Waals surface area contributed by atoms with E-state index in [1.807, 2.05) is 30.3 Å². The Bertz CT molecular complexity index is 402. The Hall–Kier alpha value is -1.88. The molecule has 104 valence electrons. The predicted octanol–water partition coefficient (Wildman–Crippen LogP) is 1.70. The van der Waals surface area contributed by atoms with Crippen LogP contribution in [0.2, 0.25) is 0 Å². The van der Waals surface area contributed by atoms with Crippen LogP contribution in [-0.2, 0) is 30.4 Å². The van der Waals surface area contributed by atoms with Gasteiger partial charge in [0.2, 0.25) is 0 Å². The SMILES string of the molecule is CC(=O)OCC(COCc1ccccc1)OC(C)=O. The molecule has 0 bridgehead atoms. The zero-order valence-corrected chi connectivity index (χ0v) is 11.1. The quantitative estimate of drug-likeness (QED) is 0.703.